The molecular formula is C15H25NS. The molecule has 96 valence electrons. The molecule has 1 aromatic carbocycles. The summed E-state index contributed by atoms with van der Waals surface area (Å²) in [6.45, 7) is 8.84. The molecule has 0 unspecified atom stereocenters. The van der Waals surface area contributed by atoms with Crippen LogP contribution in [0.15, 0.2) is 18.2 Å². The fraction of sp³-hybridized carbons (Fsp3) is 0.600. The first-order valence-corrected chi connectivity index (χ1v) is 7.19. The fourth-order valence-corrected chi connectivity index (χ4v) is 2.03. The standard InChI is InChI=1S/C15H25NS/c1-12(2)14-6-5-13(3)15(11-14)7-9-16-8-4-10-17/h5-6,11-12,16-17H,4,7-10H2,1-3H3. The third-order valence-electron chi connectivity index (χ3n) is 3.12. The lowest BCUT2D eigenvalue weighted by atomic mass is 9.96. The lowest BCUT2D eigenvalue weighted by Gasteiger charge is -2.11. The minimum atomic E-state index is 0.617. The molecule has 1 N–H and O–H groups in total. The third kappa shape index (κ3) is 5.13. The van der Waals surface area contributed by atoms with Crippen LogP contribution in [0.5, 0.6) is 0 Å². The lowest BCUT2D eigenvalue weighted by Crippen LogP contribution is -2.19. The molecule has 0 bridgehead atoms. The maximum Gasteiger partial charge on any atom is -0.000824 e. The topological polar surface area (TPSA) is 12.0 Å². The van der Waals surface area contributed by atoms with E-state index in [9.17, 15) is 0 Å². The normalized spacial score (nSPS) is 11.1. The third-order valence-corrected chi connectivity index (χ3v) is 3.44. The highest BCUT2D eigenvalue weighted by Gasteiger charge is 2.03. The van der Waals surface area contributed by atoms with E-state index in [4.69, 9.17) is 0 Å². The van der Waals surface area contributed by atoms with Crippen LogP contribution in [0.1, 0.15) is 42.9 Å². The predicted molar refractivity (Wildman–Crippen MR) is 80.3 cm³/mol. The van der Waals surface area contributed by atoms with Gasteiger partial charge >= 0.3 is 0 Å². The average Bonchev–Trinajstić information content (AvgIpc) is 2.30. The van der Waals surface area contributed by atoms with Crippen molar-refractivity contribution in [3.05, 3.63) is 34.9 Å². The lowest BCUT2D eigenvalue weighted by molar-refractivity contribution is 0.673. The van der Waals surface area contributed by atoms with E-state index in [1.807, 2.05) is 0 Å². The smallest absolute Gasteiger partial charge is 0.000824 e. The summed E-state index contributed by atoms with van der Waals surface area (Å²) in [7, 11) is 0. The van der Waals surface area contributed by atoms with Crippen LogP contribution in [0, 0.1) is 6.92 Å². The number of hydrogen-bond donors (Lipinski definition) is 2. The molecule has 1 aromatic rings. The summed E-state index contributed by atoms with van der Waals surface area (Å²) in [5.74, 6) is 1.58. The van der Waals surface area contributed by atoms with Gasteiger partial charge in [0.1, 0.15) is 0 Å². The Hall–Kier alpha value is -0.470. The molecule has 1 nitrogen and oxygen atoms in total. The van der Waals surface area contributed by atoms with E-state index in [-0.39, 0.29) is 0 Å². The molecule has 0 atom stereocenters. The molecule has 0 aliphatic heterocycles. The van der Waals surface area contributed by atoms with Crippen LogP contribution in [0.2, 0.25) is 0 Å². The molecule has 0 aliphatic carbocycles. The van der Waals surface area contributed by atoms with E-state index < -0.39 is 0 Å². The van der Waals surface area contributed by atoms with Crippen LogP contribution in [0.4, 0.5) is 0 Å². The van der Waals surface area contributed by atoms with Gasteiger partial charge in [-0.25, -0.2) is 0 Å². The minimum Gasteiger partial charge on any atom is -0.316 e. The van der Waals surface area contributed by atoms with Gasteiger partial charge in [0.2, 0.25) is 0 Å². The van der Waals surface area contributed by atoms with Crippen molar-refractivity contribution in [1.82, 2.24) is 5.32 Å². The van der Waals surface area contributed by atoms with Crippen LogP contribution >= 0.6 is 12.6 Å². The van der Waals surface area contributed by atoms with Crippen molar-refractivity contribution in [2.24, 2.45) is 0 Å². The van der Waals surface area contributed by atoms with Gasteiger partial charge in [0, 0.05) is 0 Å². The second-order valence-corrected chi connectivity index (χ2v) is 5.36. The number of hydrogen-bond acceptors (Lipinski definition) is 2. The molecule has 0 saturated carbocycles. The number of benzene rings is 1. The zero-order valence-corrected chi connectivity index (χ0v) is 12.2. The molecule has 0 fully saturated rings. The van der Waals surface area contributed by atoms with E-state index in [2.05, 4.69) is 56.9 Å². The molecular weight excluding hydrogens is 226 g/mol. The molecule has 0 amide bonds. The zero-order chi connectivity index (χ0) is 12.7. The van der Waals surface area contributed by atoms with Gasteiger partial charge in [-0.2, -0.15) is 12.6 Å². The molecule has 0 aliphatic rings. The Bertz CT molecular complexity index is 334. The summed E-state index contributed by atoms with van der Waals surface area (Å²) in [5.41, 5.74) is 4.33. The van der Waals surface area contributed by atoms with Crippen LogP contribution < -0.4 is 5.32 Å². The summed E-state index contributed by atoms with van der Waals surface area (Å²) >= 11 is 4.20. The zero-order valence-electron chi connectivity index (χ0n) is 11.3. The van der Waals surface area contributed by atoms with Gasteiger partial charge in [0.05, 0.1) is 0 Å². The number of nitrogens with one attached hydrogen (secondary N) is 1. The van der Waals surface area contributed by atoms with Gasteiger partial charge in [-0.05, 0) is 61.2 Å². The summed E-state index contributed by atoms with van der Waals surface area (Å²) in [6, 6.07) is 6.86. The first-order chi connectivity index (χ1) is 8.15. The molecule has 0 radical (unpaired) electrons. The number of aryl methyl sites for hydroxylation is 1. The molecule has 2 heteroatoms. The van der Waals surface area contributed by atoms with E-state index >= 15 is 0 Å². The average molecular weight is 251 g/mol. The molecule has 0 aromatic heterocycles. The monoisotopic (exact) mass is 251 g/mol. The minimum absolute atomic E-state index is 0.617. The Labute approximate surface area is 111 Å². The summed E-state index contributed by atoms with van der Waals surface area (Å²) < 4.78 is 0. The molecule has 0 heterocycles. The molecule has 1 rings (SSSR count). The van der Waals surface area contributed by atoms with Crippen molar-refractivity contribution in [3.63, 3.8) is 0 Å². The molecule has 0 spiro atoms. The number of rotatable bonds is 7. The predicted octanol–water partition coefficient (Wildman–Crippen LogP) is 3.57. The maximum absolute atomic E-state index is 4.20. The van der Waals surface area contributed by atoms with Crippen LogP contribution in [0.3, 0.4) is 0 Å². The maximum atomic E-state index is 4.20. The molecule has 17 heavy (non-hydrogen) atoms. The van der Waals surface area contributed by atoms with Crippen molar-refractivity contribution >= 4 is 12.6 Å². The van der Waals surface area contributed by atoms with Gasteiger partial charge in [-0.15, -0.1) is 0 Å². The van der Waals surface area contributed by atoms with Crippen molar-refractivity contribution < 1.29 is 0 Å². The van der Waals surface area contributed by atoms with Crippen molar-refractivity contribution in [2.45, 2.75) is 39.5 Å². The van der Waals surface area contributed by atoms with Crippen LogP contribution in [0.25, 0.3) is 0 Å². The van der Waals surface area contributed by atoms with E-state index in [1.165, 1.54) is 16.7 Å². The SMILES string of the molecule is Cc1ccc(C(C)C)cc1CCNCCCS. The van der Waals surface area contributed by atoms with Gasteiger partial charge in [-0.3, -0.25) is 0 Å². The highest BCUT2D eigenvalue weighted by molar-refractivity contribution is 7.80. The highest BCUT2D eigenvalue weighted by Crippen LogP contribution is 2.18. The Morgan fingerprint density at radius 1 is 1.24 bits per heavy atom. The van der Waals surface area contributed by atoms with Gasteiger partial charge < -0.3 is 5.32 Å². The van der Waals surface area contributed by atoms with Crippen molar-refractivity contribution in [2.75, 3.05) is 18.8 Å². The Morgan fingerprint density at radius 3 is 2.65 bits per heavy atom. The van der Waals surface area contributed by atoms with E-state index in [0.717, 1.165) is 31.7 Å². The Morgan fingerprint density at radius 2 is 2.00 bits per heavy atom. The summed E-state index contributed by atoms with van der Waals surface area (Å²) in [6.07, 6.45) is 2.27. The quantitative estimate of drug-likeness (QED) is 0.558. The van der Waals surface area contributed by atoms with Crippen molar-refractivity contribution in [1.29, 1.82) is 0 Å². The van der Waals surface area contributed by atoms with Crippen LogP contribution in [-0.2, 0) is 6.42 Å². The number of thiol groups is 1. The van der Waals surface area contributed by atoms with E-state index in [1.54, 1.807) is 0 Å². The van der Waals surface area contributed by atoms with E-state index in [0.29, 0.717) is 5.92 Å². The fourth-order valence-electron chi connectivity index (χ4n) is 1.87. The highest BCUT2D eigenvalue weighted by atomic mass is 32.1. The summed E-state index contributed by atoms with van der Waals surface area (Å²) in [4.78, 5) is 0. The van der Waals surface area contributed by atoms with Crippen LogP contribution in [-0.4, -0.2) is 18.8 Å². The van der Waals surface area contributed by atoms with Gasteiger partial charge in [0.15, 0.2) is 0 Å². The largest absolute Gasteiger partial charge is 0.316 e. The Kier molecular flexibility index (Phi) is 6.68. The summed E-state index contributed by atoms with van der Waals surface area (Å²) in [5, 5.41) is 3.46. The van der Waals surface area contributed by atoms with Crippen molar-refractivity contribution in [3.8, 4) is 0 Å². The van der Waals surface area contributed by atoms with Gasteiger partial charge in [0.25, 0.3) is 0 Å². The second kappa shape index (κ2) is 7.78. The van der Waals surface area contributed by atoms with Gasteiger partial charge in [-0.1, -0.05) is 32.0 Å². The first kappa shape index (κ1) is 14.6. The Balaban J connectivity index is 2.49. The second-order valence-electron chi connectivity index (χ2n) is 4.92. The molecule has 0 saturated heterocycles. The first-order valence-electron chi connectivity index (χ1n) is 6.56.